The average Bonchev–Trinajstić information content (AvgIpc) is 2.98. The molecule has 0 aliphatic carbocycles. The van der Waals surface area contributed by atoms with E-state index in [1.165, 1.54) is 6.07 Å². The number of hydrogen-bond donors (Lipinski definition) is 1. The number of aromatic nitrogens is 1. The normalized spacial score (nSPS) is 15.3. The molecule has 1 atom stereocenters. The number of primary amides is 1. The van der Waals surface area contributed by atoms with E-state index < -0.39 is 12.2 Å². The first-order chi connectivity index (χ1) is 12.1. The van der Waals surface area contributed by atoms with Gasteiger partial charge in [-0.1, -0.05) is 30.3 Å². The topological polar surface area (TPSA) is 83.6 Å². The first-order valence-corrected chi connectivity index (χ1v) is 7.93. The van der Waals surface area contributed by atoms with Crippen LogP contribution in [0.3, 0.4) is 0 Å². The number of benzene rings is 2. The fourth-order valence-electron chi connectivity index (χ4n) is 3.25. The molecule has 0 fully saturated rings. The van der Waals surface area contributed by atoms with Crippen molar-refractivity contribution in [2.45, 2.75) is 19.3 Å². The Bertz CT molecular complexity index is 1010. The van der Waals surface area contributed by atoms with E-state index in [0.29, 0.717) is 17.9 Å². The van der Waals surface area contributed by atoms with Gasteiger partial charge in [-0.3, -0.25) is 4.79 Å². The Kier molecular flexibility index (Phi) is 3.65. The molecular formula is C19H16N2O4. The molecule has 1 aliphatic heterocycles. The number of rotatable bonds is 4. The second-order valence-corrected chi connectivity index (χ2v) is 5.90. The van der Waals surface area contributed by atoms with Gasteiger partial charge in [0.1, 0.15) is 12.4 Å². The van der Waals surface area contributed by atoms with Gasteiger partial charge < -0.3 is 19.8 Å². The largest absolute Gasteiger partial charge is 0.488 e. The van der Waals surface area contributed by atoms with E-state index in [9.17, 15) is 9.59 Å². The van der Waals surface area contributed by atoms with Gasteiger partial charge in [0.15, 0.2) is 6.10 Å². The Labute approximate surface area is 143 Å². The third-order valence-electron chi connectivity index (χ3n) is 4.32. The molecule has 2 heterocycles. The van der Waals surface area contributed by atoms with Crippen LogP contribution in [0, 0.1) is 0 Å². The molecule has 1 unspecified atom stereocenters. The fraction of sp³-hybridized carbons (Fsp3) is 0.158. The van der Waals surface area contributed by atoms with Crippen LogP contribution in [-0.2, 0) is 17.9 Å². The van der Waals surface area contributed by atoms with Crippen LogP contribution in [0.5, 0.6) is 5.75 Å². The van der Waals surface area contributed by atoms with Crippen molar-refractivity contribution >= 4 is 17.0 Å². The molecule has 1 amide bonds. The third-order valence-corrected chi connectivity index (χ3v) is 4.32. The molecule has 6 nitrogen and oxygen atoms in total. The molecule has 3 aromatic rings. The molecule has 0 saturated heterocycles. The lowest BCUT2D eigenvalue weighted by Crippen LogP contribution is -2.21. The number of ether oxygens (including phenoxy) is 2. The van der Waals surface area contributed by atoms with E-state index in [2.05, 4.69) is 0 Å². The lowest BCUT2D eigenvalue weighted by Gasteiger charge is -2.15. The van der Waals surface area contributed by atoms with Crippen LogP contribution >= 0.6 is 0 Å². The van der Waals surface area contributed by atoms with Crippen molar-refractivity contribution in [1.29, 1.82) is 0 Å². The molecule has 6 heteroatoms. The van der Waals surface area contributed by atoms with Crippen molar-refractivity contribution < 1.29 is 14.3 Å². The van der Waals surface area contributed by atoms with Crippen LogP contribution in [0.1, 0.15) is 17.2 Å². The van der Waals surface area contributed by atoms with Crippen molar-refractivity contribution in [3.8, 4) is 5.75 Å². The van der Waals surface area contributed by atoms with Gasteiger partial charge in [0, 0.05) is 6.07 Å². The van der Waals surface area contributed by atoms with Crippen molar-refractivity contribution in [3.63, 3.8) is 0 Å². The molecule has 0 bridgehead atoms. The summed E-state index contributed by atoms with van der Waals surface area (Å²) < 4.78 is 12.8. The number of carbonyl (C=O) groups excluding carboxylic acids is 1. The highest BCUT2D eigenvalue weighted by molar-refractivity contribution is 5.86. The predicted octanol–water partition coefficient (Wildman–Crippen LogP) is 2.73. The molecule has 2 aromatic carbocycles. The van der Waals surface area contributed by atoms with Crippen molar-refractivity contribution in [2.24, 2.45) is 5.73 Å². The average molecular weight is 336 g/mol. The maximum Gasteiger partial charge on any atom is 0.405 e. The molecule has 1 aliphatic rings. The van der Waals surface area contributed by atoms with Crippen LogP contribution in [0.4, 0.5) is 4.79 Å². The highest BCUT2D eigenvalue weighted by atomic mass is 16.6. The van der Waals surface area contributed by atoms with Gasteiger partial charge in [0.25, 0.3) is 5.56 Å². The van der Waals surface area contributed by atoms with Gasteiger partial charge in [-0.05, 0) is 29.1 Å². The quantitative estimate of drug-likeness (QED) is 0.794. The van der Waals surface area contributed by atoms with Gasteiger partial charge in [-0.15, -0.1) is 0 Å². The van der Waals surface area contributed by atoms with Crippen molar-refractivity contribution in [3.05, 3.63) is 76.1 Å². The summed E-state index contributed by atoms with van der Waals surface area (Å²) in [5.41, 5.74) is 7.48. The fourth-order valence-corrected chi connectivity index (χ4v) is 3.25. The predicted molar refractivity (Wildman–Crippen MR) is 92.4 cm³/mol. The van der Waals surface area contributed by atoms with E-state index in [0.717, 1.165) is 16.5 Å². The Morgan fingerprint density at radius 2 is 1.88 bits per heavy atom. The first-order valence-electron chi connectivity index (χ1n) is 7.93. The molecule has 0 spiro atoms. The monoisotopic (exact) mass is 336 g/mol. The van der Waals surface area contributed by atoms with Crippen LogP contribution in [-0.4, -0.2) is 10.7 Å². The molecule has 2 N–H and O–H groups in total. The summed E-state index contributed by atoms with van der Waals surface area (Å²) in [5, 5.41) is 0.886. The van der Waals surface area contributed by atoms with E-state index in [1.54, 1.807) is 10.6 Å². The zero-order chi connectivity index (χ0) is 17.4. The summed E-state index contributed by atoms with van der Waals surface area (Å²) in [7, 11) is 0. The Balaban J connectivity index is 1.78. The molecule has 0 saturated carbocycles. The van der Waals surface area contributed by atoms with E-state index in [1.807, 2.05) is 42.5 Å². The number of hydrogen-bond acceptors (Lipinski definition) is 4. The zero-order valence-electron chi connectivity index (χ0n) is 13.3. The van der Waals surface area contributed by atoms with Crippen LogP contribution < -0.4 is 16.0 Å². The molecule has 4 rings (SSSR count). The van der Waals surface area contributed by atoms with Gasteiger partial charge >= 0.3 is 6.09 Å². The minimum Gasteiger partial charge on any atom is -0.488 e. The minimum absolute atomic E-state index is 0.149. The summed E-state index contributed by atoms with van der Waals surface area (Å²) in [6.45, 7) is 0.611. The smallest absolute Gasteiger partial charge is 0.405 e. The number of nitrogens with two attached hydrogens (primary N) is 1. The van der Waals surface area contributed by atoms with E-state index in [4.69, 9.17) is 15.2 Å². The highest BCUT2D eigenvalue weighted by Gasteiger charge is 2.31. The summed E-state index contributed by atoms with van der Waals surface area (Å²) >= 11 is 0. The van der Waals surface area contributed by atoms with Crippen LogP contribution in [0.25, 0.3) is 10.9 Å². The van der Waals surface area contributed by atoms with Gasteiger partial charge in [-0.2, -0.15) is 0 Å². The third kappa shape index (κ3) is 2.71. The van der Waals surface area contributed by atoms with Gasteiger partial charge in [-0.25, -0.2) is 4.79 Å². The summed E-state index contributed by atoms with van der Waals surface area (Å²) in [6, 6.07) is 16.7. The first kappa shape index (κ1) is 15.3. The second kappa shape index (κ2) is 5.98. The Morgan fingerprint density at radius 1 is 1.12 bits per heavy atom. The number of pyridine rings is 1. The lowest BCUT2D eigenvalue weighted by atomic mass is 10.1. The Morgan fingerprint density at radius 3 is 2.64 bits per heavy atom. The van der Waals surface area contributed by atoms with E-state index >= 15 is 0 Å². The SMILES string of the molecule is NC(=O)OC1Cn2c(=O)ccc3ccc(OCc4ccccc4)c1c32. The zero-order valence-corrected chi connectivity index (χ0v) is 13.3. The standard InChI is InChI=1S/C19H16N2O4/c20-19(23)25-15-10-21-16(22)9-7-13-6-8-14(17(15)18(13)21)24-11-12-4-2-1-3-5-12/h1-9,15H,10-11H2,(H2,20,23). The van der Waals surface area contributed by atoms with Gasteiger partial charge in [0.2, 0.25) is 0 Å². The number of carbonyl (C=O) groups is 1. The molecule has 1 aromatic heterocycles. The molecular weight excluding hydrogens is 320 g/mol. The molecule has 25 heavy (non-hydrogen) atoms. The maximum atomic E-state index is 12.2. The number of nitrogens with zero attached hydrogens (tertiary/aromatic N) is 1. The van der Waals surface area contributed by atoms with Crippen molar-refractivity contribution in [2.75, 3.05) is 0 Å². The van der Waals surface area contributed by atoms with Gasteiger partial charge in [0.05, 0.1) is 17.6 Å². The minimum atomic E-state index is -0.878. The van der Waals surface area contributed by atoms with E-state index in [-0.39, 0.29) is 12.1 Å². The molecule has 126 valence electrons. The molecule has 0 radical (unpaired) electrons. The van der Waals surface area contributed by atoms with Crippen molar-refractivity contribution in [1.82, 2.24) is 4.57 Å². The van der Waals surface area contributed by atoms with Crippen LogP contribution in [0.15, 0.2) is 59.4 Å². The van der Waals surface area contributed by atoms with Crippen LogP contribution in [0.2, 0.25) is 0 Å². The maximum absolute atomic E-state index is 12.2. The summed E-state index contributed by atoms with van der Waals surface area (Å²) in [6.07, 6.45) is -1.51. The summed E-state index contributed by atoms with van der Waals surface area (Å²) in [5.74, 6) is 0.583. The highest BCUT2D eigenvalue weighted by Crippen LogP contribution is 2.40. The second-order valence-electron chi connectivity index (χ2n) is 5.90. The summed E-state index contributed by atoms with van der Waals surface area (Å²) in [4.78, 5) is 23.4. The lowest BCUT2D eigenvalue weighted by molar-refractivity contribution is 0.0999. The number of amides is 1. The Hall–Kier alpha value is -3.28.